The SMILES string of the molecule is COc1ccc(C)cc1S(=O)(=O)N1CCC(Oc2cccc(Cl)c2)CC1. The van der Waals surface area contributed by atoms with Crippen molar-refractivity contribution in [3.05, 3.63) is 53.1 Å². The van der Waals surface area contributed by atoms with Crippen LogP contribution >= 0.6 is 11.6 Å². The Kier molecular flexibility index (Phi) is 5.75. The molecule has 7 heteroatoms. The molecule has 26 heavy (non-hydrogen) atoms. The van der Waals surface area contributed by atoms with E-state index in [1.165, 1.54) is 11.4 Å². The van der Waals surface area contributed by atoms with Crippen LogP contribution in [0.4, 0.5) is 0 Å². The maximum absolute atomic E-state index is 13.0. The summed E-state index contributed by atoms with van der Waals surface area (Å²) in [5, 5.41) is 0.619. The Morgan fingerprint density at radius 2 is 1.85 bits per heavy atom. The van der Waals surface area contributed by atoms with E-state index in [-0.39, 0.29) is 11.0 Å². The molecule has 3 rings (SSSR count). The van der Waals surface area contributed by atoms with Crippen molar-refractivity contribution in [2.45, 2.75) is 30.8 Å². The van der Waals surface area contributed by atoms with Gasteiger partial charge in [0.1, 0.15) is 22.5 Å². The molecule has 0 spiro atoms. The molecular weight excluding hydrogens is 374 g/mol. The lowest BCUT2D eigenvalue weighted by Gasteiger charge is -2.31. The Labute approximate surface area is 159 Å². The van der Waals surface area contributed by atoms with Crippen LogP contribution in [-0.4, -0.2) is 39.0 Å². The maximum atomic E-state index is 13.0. The number of nitrogens with zero attached hydrogens (tertiary/aromatic N) is 1. The Morgan fingerprint density at radius 1 is 1.12 bits per heavy atom. The summed E-state index contributed by atoms with van der Waals surface area (Å²) in [5.41, 5.74) is 0.878. The molecule has 1 fully saturated rings. The molecule has 0 amide bonds. The van der Waals surface area contributed by atoms with E-state index < -0.39 is 10.0 Å². The third-order valence-corrected chi connectivity index (χ3v) is 6.59. The van der Waals surface area contributed by atoms with Gasteiger partial charge in [0, 0.05) is 18.1 Å². The predicted molar refractivity (Wildman–Crippen MR) is 102 cm³/mol. The summed E-state index contributed by atoms with van der Waals surface area (Å²) >= 11 is 5.98. The average Bonchev–Trinajstić information content (AvgIpc) is 2.62. The van der Waals surface area contributed by atoms with Crippen molar-refractivity contribution >= 4 is 21.6 Å². The minimum atomic E-state index is -3.60. The number of rotatable bonds is 5. The Morgan fingerprint density at radius 3 is 2.50 bits per heavy atom. The third kappa shape index (κ3) is 4.14. The topological polar surface area (TPSA) is 55.8 Å². The monoisotopic (exact) mass is 395 g/mol. The molecule has 0 bridgehead atoms. The number of benzene rings is 2. The van der Waals surface area contributed by atoms with E-state index in [0.717, 1.165) is 5.56 Å². The van der Waals surface area contributed by atoms with E-state index in [4.69, 9.17) is 21.1 Å². The summed E-state index contributed by atoms with van der Waals surface area (Å²) in [6.07, 6.45) is 1.22. The molecule has 0 saturated carbocycles. The fourth-order valence-corrected chi connectivity index (χ4v) is 4.94. The zero-order valence-electron chi connectivity index (χ0n) is 14.8. The molecule has 0 aliphatic carbocycles. The largest absolute Gasteiger partial charge is 0.495 e. The molecule has 0 atom stereocenters. The van der Waals surface area contributed by atoms with Crippen LogP contribution in [0.15, 0.2) is 47.4 Å². The molecule has 2 aromatic carbocycles. The van der Waals surface area contributed by atoms with Gasteiger partial charge >= 0.3 is 0 Å². The first-order valence-corrected chi connectivity index (χ1v) is 10.3. The standard InChI is InChI=1S/C19H22ClNO4S/c1-14-6-7-18(24-2)19(12-14)26(22,23)21-10-8-16(9-11-21)25-17-5-3-4-15(20)13-17/h3-7,12-13,16H,8-11H2,1-2H3. The zero-order valence-corrected chi connectivity index (χ0v) is 16.4. The van der Waals surface area contributed by atoms with Gasteiger partial charge < -0.3 is 9.47 Å². The highest BCUT2D eigenvalue weighted by atomic mass is 35.5. The molecule has 140 valence electrons. The second kappa shape index (κ2) is 7.86. The van der Waals surface area contributed by atoms with Gasteiger partial charge in [0.05, 0.1) is 7.11 Å². The second-order valence-electron chi connectivity index (χ2n) is 6.33. The third-order valence-electron chi connectivity index (χ3n) is 4.44. The van der Waals surface area contributed by atoms with Crippen LogP contribution < -0.4 is 9.47 Å². The van der Waals surface area contributed by atoms with Gasteiger partial charge in [-0.1, -0.05) is 23.7 Å². The van der Waals surface area contributed by atoms with Crippen LogP contribution in [0, 0.1) is 6.92 Å². The number of sulfonamides is 1. The van der Waals surface area contributed by atoms with E-state index in [1.807, 2.05) is 25.1 Å². The van der Waals surface area contributed by atoms with Gasteiger partial charge in [0.2, 0.25) is 10.0 Å². The minimum absolute atomic E-state index is 0.0284. The van der Waals surface area contributed by atoms with Gasteiger partial charge in [-0.3, -0.25) is 0 Å². The van der Waals surface area contributed by atoms with Crippen LogP contribution in [-0.2, 0) is 10.0 Å². The summed E-state index contributed by atoms with van der Waals surface area (Å²) < 4.78 is 38.7. The van der Waals surface area contributed by atoms with Crippen molar-refractivity contribution in [3.8, 4) is 11.5 Å². The summed E-state index contributed by atoms with van der Waals surface area (Å²) in [6, 6.07) is 12.4. The number of piperidine rings is 1. The Balaban J connectivity index is 1.70. The van der Waals surface area contributed by atoms with Crippen molar-refractivity contribution < 1.29 is 17.9 Å². The number of ether oxygens (including phenoxy) is 2. The summed E-state index contributed by atoms with van der Waals surface area (Å²) in [6.45, 7) is 2.68. The highest BCUT2D eigenvalue weighted by Gasteiger charge is 2.32. The first kappa shape index (κ1) is 19.0. The molecule has 1 aliphatic rings. The van der Waals surface area contributed by atoms with Crippen molar-refractivity contribution in [1.29, 1.82) is 0 Å². The second-order valence-corrected chi connectivity index (χ2v) is 8.68. The molecule has 1 aliphatic heterocycles. The molecule has 5 nitrogen and oxygen atoms in total. The van der Waals surface area contributed by atoms with Gasteiger partial charge in [0.15, 0.2) is 0 Å². The normalized spacial score (nSPS) is 16.4. The van der Waals surface area contributed by atoms with E-state index in [0.29, 0.717) is 42.5 Å². The molecular formula is C19H22ClNO4S. The smallest absolute Gasteiger partial charge is 0.246 e. The van der Waals surface area contributed by atoms with Crippen molar-refractivity contribution in [1.82, 2.24) is 4.31 Å². The predicted octanol–water partition coefficient (Wildman–Crippen LogP) is 3.89. The van der Waals surface area contributed by atoms with E-state index in [9.17, 15) is 8.42 Å². The van der Waals surface area contributed by atoms with Crippen molar-refractivity contribution in [2.24, 2.45) is 0 Å². The first-order valence-electron chi connectivity index (χ1n) is 8.47. The Bertz CT molecular complexity index is 877. The van der Waals surface area contributed by atoms with Crippen molar-refractivity contribution in [2.75, 3.05) is 20.2 Å². The molecule has 1 heterocycles. The van der Waals surface area contributed by atoms with Gasteiger partial charge in [-0.25, -0.2) is 8.42 Å². The highest BCUT2D eigenvalue weighted by molar-refractivity contribution is 7.89. The summed E-state index contributed by atoms with van der Waals surface area (Å²) in [5.74, 6) is 1.08. The molecule has 0 aromatic heterocycles. The van der Waals surface area contributed by atoms with Crippen LogP contribution in [0.2, 0.25) is 5.02 Å². The van der Waals surface area contributed by atoms with Crippen LogP contribution in [0.3, 0.4) is 0 Å². The fourth-order valence-electron chi connectivity index (χ4n) is 3.05. The lowest BCUT2D eigenvalue weighted by molar-refractivity contribution is 0.135. The number of halogens is 1. The maximum Gasteiger partial charge on any atom is 0.246 e. The average molecular weight is 396 g/mol. The van der Waals surface area contributed by atoms with Gasteiger partial charge in [-0.2, -0.15) is 4.31 Å². The number of hydrogen-bond donors (Lipinski definition) is 0. The molecule has 0 unspecified atom stereocenters. The lowest BCUT2D eigenvalue weighted by Crippen LogP contribution is -2.41. The summed E-state index contributed by atoms with van der Waals surface area (Å²) in [4.78, 5) is 0.217. The minimum Gasteiger partial charge on any atom is -0.495 e. The molecule has 0 N–H and O–H groups in total. The summed E-state index contributed by atoms with van der Waals surface area (Å²) in [7, 11) is -2.12. The molecule has 2 aromatic rings. The number of aryl methyl sites for hydroxylation is 1. The quantitative estimate of drug-likeness (QED) is 0.770. The number of hydrogen-bond acceptors (Lipinski definition) is 4. The lowest BCUT2D eigenvalue weighted by atomic mass is 10.1. The van der Waals surface area contributed by atoms with Crippen LogP contribution in [0.5, 0.6) is 11.5 Å². The molecule has 0 radical (unpaired) electrons. The van der Waals surface area contributed by atoms with Crippen molar-refractivity contribution in [3.63, 3.8) is 0 Å². The zero-order chi connectivity index (χ0) is 18.7. The van der Waals surface area contributed by atoms with Gasteiger partial charge in [-0.05, 0) is 55.7 Å². The van der Waals surface area contributed by atoms with Crippen LogP contribution in [0.1, 0.15) is 18.4 Å². The van der Waals surface area contributed by atoms with Gasteiger partial charge in [-0.15, -0.1) is 0 Å². The first-order chi connectivity index (χ1) is 12.4. The highest BCUT2D eigenvalue weighted by Crippen LogP contribution is 2.30. The van der Waals surface area contributed by atoms with E-state index in [1.54, 1.807) is 24.3 Å². The molecule has 1 saturated heterocycles. The number of methoxy groups -OCH3 is 1. The van der Waals surface area contributed by atoms with E-state index >= 15 is 0 Å². The van der Waals surface area contributed by atoms with Crippen LogP contribution in [0.25, 0.3) is 0 Å². The fraction of sp³-hybridized carbons (Fsp3) is 0.368. The Hall–Kier alpha value is -1.76. The van der Waals surface area contributed by atoms with Gasteiger partial charge in [0.25, 0.3) is 0 Å². The van der Waals surface area contributed by atoms with E-state index in [2.05, 4.69) is 0 Å².